The molecule has 2 N–H and O–H groups in total. The van der Waals surface area contributed by atoms with Gasteiger partial charge < -0.3 is 14.9 Å². The van der Waals surface area contributed by atoms with E-state index in [-0.39, 0.29) is 17.4 Å². The summed E-state index contributed by atoms with van der Waals surface area (Å²) in [5.74, 6) is 0.131. The Morgan fingerprint density at radius 1 is 1.32 bits per heavy atom. The van der Waals surface area contributed by atoms with Gasteiger partial charge in [0, 0.05) is 22.4 Å². The van der Waals surface area contributed by atoms with Gasteiger partial charge in [0.2, 0.25) is 0 Å². The van der Waals surface area contributed by atoms with E-state index in [1.54, 1.807) is 24.3 Å². The van der Waals surface area contributed by atoms with Crippen LogP contribution >= 0.6 is 11.3 Å². The monoisotopic (exact) mass is 354 g/mol. The minimum Gasteiger partial charge on any atom is -0.506 e. The molecule has 0 spiro atoms. The normalized spacial score (nSPS) is 16.9. The first-order valence-electron chi connectivity index (χ1n) is 8.09. The van der Waals surface area contributed by atoms with Crippen molar-refractivity contribution in [2.24, 2.45) is 5.10 Å². The lowest BCUT2D eigenvalue weighted by Gasteiger charge is -2.13. The van der Waals surface area contributed by atoms with Crippen LogP contribution in [0.15, 0.2) is 37.9 Å². The minimum absolute atomic E-state index is 0.126. The van der Waals surface area contributed by atoms with Gasteiger partial charge in [0.05, 0.1) is 17.1 Å². The van der Waals surface area contributed by atoms with Crippen LogP contribution in [0.4, 0.5) is 0 Å². The minimum atomic E-state index is -0.366. The smallest absolute Gasteiger partial charge is 0.339 e. The molecule has 1 aliphatic heterocycles. The number of aromatic hydroxyl groups is 1. The SMILES string of the molecule is Cc1cc2oc(=O)c(C)c(C)c2c(O)c1C1=NN[C@@H](c2cccs2)C1. The molecule has 0 saturated heterocycles. The largest absolute Gasteiger partial charge is 0.506 e. The zero-order chi connectivity index (χ0) is 17.7. The number of fused-ring (bicyclic) bond motifs is 1. The van der Waals surface area contributed by atoms with Gasteiger partial charge in [0.15, 0.2) is 0 Å². The van der Waals surface area contributed by atoms with Crippen LogP contribution in [-0.4, -0.2) is 10.8 Å². The Kier molecular flexibility index (Phi) is 3.65. The van der Waals surface area contributed by atoms with Gasteiger partial charge >= 0.3 is 5.63 Å². The third-order valence-corrected chi connectivity index (χ3v) is 5.82. The topological polar surface area (TPSA) is 74.8 Å². The van der Waals surface area contributed by atoms with Gasteiger partial charge in [-0.15, -0.1) is 11.3 Å². The van der Waals surface area contributed by atoms with Gasteiger partial charge in [-0.3, -0.25) is 0 Å². The van der Waals surface area contributed by atoms with E-state index in [1.165, 1.54) is 4.88 Å². The van der Waals surface area contributed by atoms with Crippen molar-refractivity contribution >= 4 is 28.0 Å². The third-order valence-electron chi connectivity index (χ3n) is 4.84. The molecule has 5 nitrogen and oxygen atoms in total. The molecule has 3 heterocycles. The van der Waals surface area contributed by atoms with Crippen LogP contribution in [-0.2, 0) is 0 Å². The molecule has 1 aromatic carbocycles. The Balaban J connectivity index is 1.85. The van der Waals surface area contributed by atoms with E-state index in [1.807, 2.05) is 25.3 Å². The average molecular weight is 354 g/mol. The summed E-state index contributed by atoms with van der Waals surface area (Å²) < 4.78 is 5.36. The average Bonchev–Trinajstić information content (AvgIpc) is 3.23. The molecule has 128 valence electrons. The molecule has 0 unspecified atom stereocenters. The van der Waals surface area contributed by atoms with Crippen LogP contribution in [0.2, 0.25) is 0 Å². The fraction of sp³-hybridized carbons (Fsp3) is 0.263. The summed E-state index contributed by atoms with van der Waals surface area (Å²) in [6.45, 7) is 5.43. The van der Waals surface area contributed by atoms with E-state index in [9.17, 15) is 9.90 Å². The van der Waals surface area contributed by atoms with Crippen LogP contribution in [0, 0.1) is 20.8 Å². The molecule has 0 fully saturated rings. The van der Waals surface area contributed by atoms with Crippen LogP contribution in [0.3, 0.4) is 0 Å². The highest BCUT2D eigenvalue weighted by atomic mass is 32.1. The quantitative estimate of drug-likeness (QED) is 0.684. The maximum atomic E-state index is 11.9. The van der Waals surface area contributed by atoms with Gasteiger partial charge in [-0.25, -0.2) is 4.79 Å². The van der Waals surface area contributed by atoms with Gasteiger partial charge in [-0.1, -0.05) is 6.07 Å². The van der Waals surface area contributed by atoms with Crippen molar-refractivity contribution in [1.29, 1.82) is 0 Å². The molecule has 1 aliphatic rings. The van der Waals surface area contributed by atoms with E-state index in [4.69, 9.17) is 4.42 Å². The van der Waals surface area contributed by atoms with Crippen molar-refractivity contribution in [2.75, 3.05) is 0 Å². The van der Waals surface area contributed by atoms with E-state index < -0.39 is 0 Å². The van der Waals surface area contributed by atoms with E-state index in [0.717, 1.165) is 22.4 Å². The Bertz CT molecular complexity index is 1060. The second-order valence-corrected chi connectivity index (χ2v) is 7.37. The Hall–Kier alpha value is -2.60. The lowest BCUT2D eigenvalue weighted by molar-refractivity contribution is 0.476. The van der Waals surface area contributed by atoms with Crippen LogP contribution < -0.4 is 11.1 Å². The maximum absolute atomic E-state index is 11.9. The summed E-state index contributed by atoms with van der Waals surface area (Å²) >= 11 is 1.69. The molecule has 0 saturated carbocycles. The molecular formula is C19H18N2O3S. The zero-order valence-corrected chi connectivity index (χ0v) is 15.0. The third kappa shape index (κ3) is 2.44. The summed E-state index contributed by atoms with van der Waals surface area (Å²) in [7, 11) is 0. The van der Waals surface area contributed by atoms with Crippen LogP contribution in [0.25, 0.3) is 11.0 Å². The summed E-state index contributed by atoms with van der Waals surface area (Å²) in [6, 6.07) is 6.03. The number of hydrogen-bond acceptors (Lipinski definition) is 6. The molecule has 0 radical (unpaired) electrons. The molecule has 4 rings (SSSR count). The lowest BCUT2D eigenvalue weighted by Crippen LogP contribution is -2.09. The number of benzene rings is 1. The number of phenols is 1. The predicted octanol–water partition coefficient (Wildman–Crippen LogP) is 3.92. The molecule has 3 aromatic rings. The molecule has 6 heteroatoms. The molecule has 0 aliphatic carbocycles. The van der Waals surface area contributed by atoms with Crippen molar-refractivity contribution in [3.63, 3.8) is 0 Å². The Morgan fingerprint density at radius 3 is 2.84 bits per heavy atom. The number of rotatable bonds is 2. The summed E-state index contributed by atoms with van der Waals surface area (Å²) in [4.78, 5) is 13.1. The zero-order valence-electron chi connectivity index (χ0n) is 14.2. The standard InChI is InChI=1S/C19H18N2O3S/c1-9-7-14-17(10(2)11(3)19(23)24-14)18(22)16(9)13-8-12(20-21-13)15-5-4-6-25-15/h4-7,12,20,22H,8H2,1-3H3/t12-/m1/s1. The van der Waals surface area contributed by atoms with Crippen molar-refractivity contribution in [1.82, 2.24) is 5.43 Å². The summed E-state index contributed by atoms with van der Waals surface area (Å²) in [5.41, 5.74) is 6.83. The lowest BCUT2D eigenvalue weighted by atomic mass is 9.94. The van der Waals surface area contributed by atoms with Gasteiger partial charge in [-0.05, 0) is 49.4 Å². The number of nitrogens with zero attached hydrogens (tertiary/aromatic N) is 1. The van der Waals surface area contributed by atoms with E-state index >= 15 is 0 Å². The molecule has 0 amide bonds. The fourth-order valence-electron chi connectivity index (χ4n) is 3.35. The molecule has 1 atom stereocenters. The van der Waals surface area contributed by atoms with Gasteiger partial charge in [-0.2, -0.15) is 5.10 Å². The first-order chi connectivity index (χ1) is 12.0. The Labute approximate surface area is 148 Å². The molecule has 25 heavy (non-hydrogen) atoms. The summed E-state index contributed by atoms with van der Waals surface area (Å²) in [6.07, 6.45) is 0.704. The van der Waals surface area contributed by atoms with Gasteiger partial charge in [0.25, 0.3) is 0 Å². The highest BCUT2D eigenvalue weighted by Crippen LogP contribution is 2.37. The number of hydrazone groups is 1. The first-order valence-corrected chi connectivity index (χ1v) is 8.97. The number of nitrogens with one attached hydrogen (secondary N) is 1. The first kappa shape index (κ1) is 15.9. The van der Waals surface area contributed by atoms with Crippen molar-refractivity contribution < 1.29 is 9.52 Å². The second kappa shape index (κ2) is 5.74. The fourth-order valence-corrected chi connectivity index (χ4v) is 4.12. The maximum Gasteiger partial charge on any atom is 0.339 e. The van der Waals surface area contributed by atoms with Crippen LogP contribution in [0.5, 0.6) is 5.75 Å². The number of aryl methyl sites for hydroxylation is 2. The molecule has 0 bridgehead atoms. The molecular weight excluding hydrogens is 336 g/mol. The number of hydrogen-bond donors (Lipinski definition) is 2. The number of thiophene rings is 1. The second-order valence-electron chi connectivity index (χ2n) is 6.39. The highest BCUT2D eigenvalue weighted by molar-refractivity contribution is 7.10. The van der Waals surface area contributed by atoms with E-state index in [0.29, 0.717) is 23.0 Å². The van der Waals surface area contributed by atoms with Crippen LogP contribution in [0.1, 0.15) is 39.6 Å². The van der Waals surface area contributed by atoms with Gasteiger partial charge in [0.1, 0.15) is 11.3 Å². The van der Waals surface area contributed by atoms with Crippen molar-refractivity contribution in [3.05, 3.63) is 61.1 Å². The Morgan fingerprint density at radius 2 is 2.12 bits per heavy atom. The summed E-state index contributed by atoms with van der Waals surface area (Å²) in [5, 5.41) is 18.0. The van der Waals surface area contributed by atoms with Crippen molar-refractivity contribution in [2.45, 2.75) is 33.2 Å². The van der Waals surface area contributed by atoms with Crippen molar-refractivity contribution in [3.8, 4) is 5.75 Å². The highest BCUT2D eigenvalue weighted by Gasteiger charge is 2.27. The predicted molar refractivity (Wildman–Crippen MR) is 99.7 cm³/mol. The van der Waals surface area contributed by atoms with E-state index in [2.05, 4.69) is 16.6 Å². The number of phenolic OH excluding ortho intramolecular Hbond substituents is 1. The molecule has 2 aromatic heterocycles.